The van der Waals surface area contributed by atoms with E-state index in [-0.39, 0.29) is 17.2 Å². The highest BCUT2D eigenvalue weighted by Gasteiger charge is 2.43. The van der Waals surface area contributed by atoms with Crippen LogP contribution in [0.2, 0.25) is 0 Å². The molecule has 3 rings (SSSR count). The monoisotopic (exact) mass is 380 g/mol. The molecular weight excluding hydrogens is 352 g/mol. The number of methoxy groups -OCH3 is 1. The standard InChI is InChI=1S/C18H28N4O3S/c1-13-15(26-17(19-2)20-13)16(24)22-8-4-6-18(12-22)7-5-14(23)21(11-18)9-10-25-3/h4-12H2,1-3H3,(H,19,20)/t18-/m1/s1. The van der Waals surface area contributed by atoms with Crippen LogP contribution < -0.4 is 5.32 Å². The van der Waals surface area contributed by atoms with Gasteiger partial charge in [-0.15, -0.1) is 0 Å². The molecule has 2 saturated heterocycles. The van der Waals surface area contributed by atoms with Crippen molar-refractivity contribution in [2.24, 2.45) is 5.41 Å². The van der Waals surface area contributed by atoms with Crippen LogP contribution in [0.5, 0.6) is 0 Å². The molecule has 0 aliphatic carbocycles. The summed E-state index contributed by atoms with van der Waals surface area (Å²) < 4.78 is 5.14. The normalized spacial score (nSPS) is 23.6. The van der Waals surface area contributed by atoms with Crippen molar-refractivity contribution >= 4 is 28.3 Å². The summed E-state index contributed by atoms with van der Waals surface area (Å²) in [6.45, 7) is 5.29. The minimum atomic E-state index is 0.0139. The van der Waals surface area contributed by atoms with Crippen molar-refractivity contribution in [3.05, 3.63) is 10.6 Å². The van der Waals surface area contributed by atoms with E-state index in [1.165, 1.54) is 11.3 Å². The van der Waals surface area contributed by atoms with E-state index in [0.29, 0.717) is 19.6 Å². The van der Waals surface area contributed by atoms with Gasteiger partial charge >= 0.3 is 0 Å². The number of aryl methyl sites for hydroxylation is 1. The maximum absolute atomic E-state index is 13.1. The van der Waals surface area contributed by atoms with Crippen molar-refractivity contribution in [2.75, 3.05) is 52.3 Å². The smallest absolute Gasteiger partial charge is 0.265 e. The number of likely N-dealkylation sites (tertiary alicyclic amines) is 2. The van der Waals surface area contributed by atoms with Crippen molar-refractivity contribution in [1.82, 2.24) is 14.8 Å². The van der Waals surface area contributed by atoms with Crippen molar-refractivity contribution in [3.63, 3.8) is 0 Å². The van der Waals surface area contributed by atoms with Crippen LogP contribution in [-0.4, -0.2) is 73.5 Å². The SMILES string of the molecule is CNc1nc(C)c(C(=O)N2CCC[C@]3(CCC(=O)N(CCOC)C3)C2)s1. The predicted molar refractivity (Wildman–Crippen MR) is 102 cm³/mol. The van der Waals surface area contributed by atoms with E-state index in [0.717, 1.165) is 54.6 Å². The molecule has 1 N–H and O–H groups in total. The second-order valence-electron chi connectivity index (χ2n) is 7.32. The number of carbonyl (C=O) groups is 2. The van der Waals surface area contributed by atoms with E-state index in [4.69, 9.17) is 4.74 Å². The summed E-state index contributed by atoms with van der Waals surface area (Å²) in [7, 11) is 3.47. The van der Waals surface area contributed by atoms with E-state index in [2.05, 4.69) is 10.3 Å². The third kappa shape index (κ3) is 3.86. The van der Waals surface area contributed by atoms with E-state index in [1.807, 2.05) is 23.8 Å². The number of nitrogens with zero attached hydrogens (tertiary/aromatic N) is 3. The van der Waals surface area contributed by atoms with Gasteiger partial charge in [0.1, 0.15) is 4.88 Å². The summed E-state index contributed by atoms with van der Waals surface area (Å²) in [6.07, 6.45) is 3.48. The lowest BCUT2D eigenvalue weighted by molar-refractivity contribution is -0.139. The van der Waals surface area contributed by atoms with Crippen molar-refractivity contribution < 1.29 is 14.3 Å². The van der Waals surface area contributed by atoms with Gasteiger partial charge in [-0.1, -0.05) is 11.3 Å². The van der Waals surface area contributed by atoms with Gasteiger partial charge in [-0.25, -0.2) is 4.98 Å². The number of hydrogen-bond donors (Lipinski definition) is 1. The summed E-state index contributed by atoms with van der Waals surface area (Å²) >= 11 is 1.41. The minimum Gasteiger partial charge on any atom is -0.383 e. The first-order valence-corrected chi connectivity index (χ1v) is 10.0. The van der Waals surface area contributed by atoms with E-state index < -0.39 is 0 Å². The number of ether oxygens (including phenoxy) is 1. The van der Waals surface area contributed by atoms with Gasteiger partial charge in [0.2, 0.25) is 5.91 Å². The Hall–Kier alpha value is -1.67. The molecule has 1 atom stereocenters. The molecule has 144 valence electrons. The highest BCUT2D eigenvalue weighted by molar-refractivity contribution is 7.17. The van der Waals surface area contributed by atoms with Crippen LogP contribution in [0.25, 0.3) is 0 Å². The van der Waals surface area contributed by atoms with Crippen LogP contribution >= 0.6 is 11.3 Å². The quantitative estimate of drug-likeness (QED) is 0.845. The fourth-order valence-electron chi connectivity index (χ4n) is 4.07. The summed E-state index contributed by atoms with van der Waals surface area (Å²) in [5.74, 6) is 0.272. The molecule has 8 heteroatoms. The molecule has 2 amide bonds. The molecule has 26 heavy (non-hydrogen) atoms. The maximum atomic E-state index is 13.1. The first-order valence-electron chi connectivity index (χ1n) is 9.19. The molecule has 0 unspecified atom stereocenters. The Balaban J connectivity index is 1.72. The molecule has 0 saturated carbocycles. The molecule has 1 aromatic heterocycles. The van der Waals surface area contributed by atoms with E-state index >= 15 is 0 Å². The summed E-state index contributed by atoms with van der Waals surface area (Å²) in [5, 5.41) is 3.78. The lowest BCUT2D eigenvalue weighted by atomic mass is 9.73. The first kappa shape index (κ1) is 19.1. The zero-order valence-electron chi connectivity index (χ0n) is 15.8. The highest BCUT2D eigenvalue weighted by Crippen LogP contribution is 2.39. The van der Waals surface area contributed by atoms with E-state index in [1.54, 1.807) is 7.11 Å². The van der Waals surface area contributed by atoms with Crippen LogP contribution in [-0.2, 0) is 9.53 Å². The molecule has 0 radical (unpaired) electrons. The molecule has 1 spiro atoms. The number of aromatic nitrogens is 1. The summed E-state index contributed by atoms with van der Waals surface area (Å²) in [4.78, 5) is 34.3. The first-order chi connectivity index (χ1) is 12.5. The van der Waals surface area contributed by atoms with Crippen LogP contribution in [0.3, 0.4) is 0 Å². The van der Waals surface area contributed by atoms with Gasteiger partial charge in [0.25, 0.3) is 5.91 Å². The van der Waals surface area contributed by atoms with Crippen LogP contribution in [0, 0.1) is 12.3 Å². The van der Waals surface area contributed by atoms with Gasteiger partial charge in [0.15, 0.2) is 5.13 Å². The number of amides is 2. The average Bonchev–Trinajstić information content (AvgIpc) is 3.03. The highest BCUT2D eigenvalue weighted by atomic mass is 32.1. The van der Waals surface area contributed by atoms with Crippen LogP contribution in [0.15, 0.2) is 0 Å². The Bertz CT molecular complexity index is 677. The third-order valence-electron chi connectivity index (χ3n) is 5.47. The maximum Gasteiger partial charge on any atom is 0.265 e. The Morgan fingerprint density at radius 2 is 2.19 bits per heavy atom. The molecule has 7 nitrogen and oxygen atoms in total. The Labute approximate surface area is 158 Å². The van der Waals surface area contributed by atoms with Crippen molar-refractivity contribution in [2.45, 2.75) is 32.6 Å². The molecule has 2 aliphatic heterocycles. The Morgan fingerprint density at radius 1 is 1.38 bits per heavy atom. The van der Waals surface area contributed by atoms with Gasteiger partial charge in [-0.05, 0) is 26.2 Å². The van der Waals surface area contributed by atoms with E-state index in [9.17, 15) is 9.59 Å². The topological polar surface area (TPSA) is 74.8 Å². The Morgan fingerprint density at radius 3 is 2.88 bits per heavy atom. The molecular formula is C18H28N4O3S. The Kier molecular flexibility index (Phi) is 5.82. The number of carbonyl (C=O) groups excluding carboxylic acids is 2. The number of nitrogens with one attached hydrogen (secondary N) is 1. The number of piperidine rings is 2. The summed E-state index contributed by atoms with van der Waals surface area (Å²) in [5.41, 5.74) is 0.796. The molecule has 2 fully saturated rings. The zero-order valence-corrected chi connectivity index (χ0v) is 16.7. The lowest BCUT2D eigenvalue weighted by Crippen LogP contribution is -2.55. The second-order valence-corrected chi connectivity index (χ2v) is 8.32. The van der Waals surface area contributed by atoms with Gasteiger partial charge in [0, 0.05) is 52.2 Å². The van der Waals surface area contributed by atoms with Gasteiger partial charge < -0.3 is 19.9 Å². The summed E-state index contributed by atoms with van der Waals surface area (Å²) in [6, 6.07) is 0. The molecule has 0 aromatic carbocycles. The number of thiazole rings is 1. The lowest BCUT2D eigenvalue weighted by Gasteiger charge is -2.48. The molecule has 2 aliphatic rings. The van der Waals surface area contributed by atoms with Gasteiger partial charge in [-0.2, -0.15) is 0 Å². The third-order valence-corrected chi connectivity index (χ3v) is 6.63. The molecule has 0 bridgehead atoms. The van der Waals surface area contributed by atoms with Crippen molar-refractivity contribution in [1.29, 1.82) is 0 Å². The number of hydrogen-bond acceptors (Lipinski definition) is 6. The van der Waals surface area contributed by atoms with Crippen LogP contribution in [0.1, 0.15) is 41.0 Å². The molecule has 1 aromatic rings. The van der Waals surface area contributed by atoms with Gasteiger partial charge in [-0.3, -0.25) is 9.59 Å². The number of anilines is 1. The minimum absolute atomic E-state index is 0.0139. The van der Waals surface area contributed by atoms with Crippen LogP contribution in [0.4, 0.5) is 5.13 Å². The fraction of sp³-hybridized carbons (Fsp3) is 0.722. The number of rotatable bonds is 5. The van der Waals surface area contributed by atoms with Crippen molar-refractivity contribution in [3.8, 4) is 0 Å². The second kappa shape index (κ2) is 7.92. The fourth-order valence-corrected chi connectivity index (χ4v) is 4.96. The zero-order chi connectivity index (χ0) is 18.7. The van der Waals surface area contributed by atoms with Gasteiger partial charge in [0.05, 0.1) is 12.3 Å². The molecule has 3 heterocycles. The predicted octanol–water partition coefficient (Wildman–Crippen LogP) is 1.98. The largest absolute Gasteiger partial charge is 0.383 e. The average molecular weight is 381 g/mol.